The van der Waals surface area contributed by atoms with E-state index >= 15 is 0 Å². The molecule has 0 saturated heterocycles. The van der Waals surface area contributed by atoms with E-state index in [1.54, 1.807) is 14.2 Å². The first-order valence-electron chi connectivity index (χ1n) is 5.76. The normalized spacial score (nSPS) is 12.3. The molecule has 0 bridgehead atoms. The summed E-state index contributed by atoms with van der Waals surface area (Å²) < 4.78 is 11.5. The molecule has 1 aromatic carbocycles. The lowest BCUT2D eigenvalue weighted by molar-refractivity contribution is 0.352. The molecular formula is C13H20BrNO2. The molecule has 0 fully saturated rings. The summed E-state index contributed by atoms with van der Waals surface area (Å²) in [5.74, 6) is 1.49. The third-order valence-electron chi connectivity index (χ3n) is 2.76. The van der Waals surface area contributed by atoms with Gasteiger partial charge in [-0.05, 0) is 47.0 Å². The van der Waals surface area contributed by atoms with Crippen LogP contribution in [0, 0.1) is 0 Å². The summed E-state index contributed by atoms with van der Waals surface area (Å²) in [7, 11) is 3.29. The van der Waals surface area contributed by atoms with E-state index in [1.807, 2.05) is 6.07 Å². The number of benzene rings is 1. The molecule has 0 amide bonds. The Balaban J connectivity index is 2.84. The van der Waals surface area contributed by atoms with Gasteiger partial charge >= 0.3 is 0 Å². The Hall–Kier alpha value is -0.740. The number of halogens is 1. The molecule has 0 spiro atoms. The van der Waals surface area contributed by atoms with Gasteiger partial charge in [0.05, 0.1) is 18.7 Å². The standard InChI is InChI=1S/C13H20BrNO2/c1-5-9(2)15-8-10-6-11(14)13(17-4)12(7-10)16-3/h6-7,9,15H,5,8H2,1-4H3. The molecule has 1 unspecified atom stereocenters. The van der Waals surface area contributed by atoms with Gasteiger partial charge in [0.2, 0.25) is 0 Å². The Morgan fingerprint density at radius 2 is 2.00 bits per heavy atom. The first kappa shape index (κ1) is 14.3. The van der Waals surface area contributed by atoms with Crippen LogP contribution in [0.4, 0.5) is 0 Å². The fraction of sp³-hybridized carbons (Fsp3) is 0.538. The van der Waals surface area contributed by atoms with Gasteiger partial charge in [-0.25, -0.2) is 0 Å². The molecule has 0 saturated carbocycles. The first-order chi connectivity index (χ1) is 8.12. The summed E-state index contributed by atoms with van der Waals surface area (Å²) in [5, 5.41) is 3.45. The smallest absolute Gasteiger partial charge is 0.174 e. The van der Waals surface area contributed by atoms with Crippen LogP contribution in [0.2, 0.25) is 0 Å². The average Bonchev–Trinajstić information content (AvgIpc) is 2.34. The van der Waals surface area contributed by atoms with E-state index in [1.165, 1.54) is 5.56 Å². The molecule has 0 aromatic heterocycles. The zero-order valence-corrected chi connectivity index (χ0v) is 12.4. The summed E-state index contributed by atoms with van der Waals surface area (Å²) in [5.41, 5.74) is 1.18. The second kappa shape index (κ2) is 6.87. The maximum Gasteiger partial charge on any atom is 0.174 e. The fourth-order valence-electron chi connectivity index (χ4n) is 1.51. The van der Waals surface area contributed by atoms with Crippen LogP contribution in [0.1, 0.15) is 25.8 Å². The minimum absolute atomic E-state index is 0.516. The van der Waals surface area contributed by atoms with Crippen molar-refractivity contribution in [2.45, 2.75) is 32.9 Å². The molecule has 1 aromatic rings. The van der Waals surface area contributed by atoms with Gasteiger partial charge in [0.1, 0.15) is 0 Å². The quantitative estimate of drug-likeness (QED) is 0.874. The lowest BCUT2D eigenvalue weighted by atomic mass is 10.1. The summed E-state index contributed by atoms with van der Waals surface area (Å²) in [4.78, 5) is 0. The molecule has 1 rings (SSSR count). The summed E-state index contributed by atoms with van der Waals surface area (Å²) in [6, 6.07) is 4.57. The van der Waals surface area contributed by atoms with Crippen molar-refractivity contribution in [3.05, 3.63) is 22.2 Å². The predicted molar refractivity (Wildman–Crippen MR) is 73.8 cm³/mol. The van der Waals surface area contributed by atoms with Crippen LogP contribution < -0.4 is 14.8 Å². The van der Waals surface area contributed by atoms with Gasteiger partial charge in [0, 0.05) is 12.6 Å². The highest BCUT2D eigenvalue weighted by atomic mass is 79.9. The molecule has 0 aliphatic heterocycles. The van der Waals surface area contributed by atoms with E-state index in [-0.39, 0.29) is 0 Å². The van der Waals surface area contributed by atoms with Crippen LogP contribution in [0.3, 0.4) is 0 Å². The Labute approximate surface area is 112 Å². The molecular weight excluding hydrogens is 282 g/mol. The molecule has 1 N–H and O–H groups in total. The van der Waals surface area contributed by atoms with Crippen LogP contribution in [0.5, 0.6) is 11.5 Å². The predicted octanol–water partition coefficient (Wildman–Crippen LogP) is 3.35. The molecule has 17 heavy (non-hydrogen) atoms. The summed E-state index contributed by atoms with van der Waals surface area (Å²) >= 11 is 3.49. The van der Waals surface area contributed by atoms with Crippen molar-refractivity contribution in [1.29, 1.82) is 0 Å². The van der Waals surface area contributed by atoms with Crippen LogP contribution in [0.15, 0.2) is 16.6 Å². The van der Waals surface area contributed by atoms with Gasteiger partial charge in [-0.15, -0.1) is 0 Å². The number of hydrogen-bond acceptors (Lipinski definition) is 3. The van der Waals surface area contributed by atoms with E-state index < -0.39 is 0 Å². The monoisotopic (exact) mass is 301 g/mol. The van der Waals surface area contributed by atoms with Gasteiger partial charge in [-0.3, -0.25) is 0 Å². The number of rotatable bonds is 6. The van der Waals surface area contributed by atoms with Crippen molar-refractivity contribution in [1.82, 2.24) is 5.32 Å². The lowest BCUT2D eigenvalue weighted by Gasteiger charge is -2.14. The SMILES string of the molecule is CCC(C)NCc1cc(Br)c(OC)c(OC)c1. The number of nitrogens with one attached hydrogen (secondary N) is 1. The molecule has 0 radical (unpaired) electrons. The van der Waals surface area contributed by atoms with Gasteiger partial charge in [0.15, 0.2) is 11.5 Å². The van der Waals surface area contributed by atoms with E-state index in [0.717, 1.165) is 28.9 Å². The Kier molecular flexibility index (Phi) is 5.78. The van der Waals surface area contributed by atoms with Gasteiger partial charge < -0.3 is 14.8 Å². The summed E-state index contributed by atoms with van der Waals surface area (Å²) in [6.07, 6.45) is 1.12. The van der Waals surface area contributed by atoms with Crippen molar-refractivity contribution in [2.24, 2.45) is 0 Å². The Morgan fingerprint density at radius 1 is 1.29 bits per heavy atom. The first-order valence-corrected chi connectivity index (χ1v) is 6.55. The van der Waals surface area contributed by atoms with Crippen LogP contribution >= 0.6 is 15.9 Å². The van der Waals surface area contributed by atoms with Crippen molar-refractivity contribution >= 4 is 15.9 Å². The van der Waals surface area contributed by atoms with Crippen molar-refractivity contribution in [3.63, 3.8) is 0 Å². The van der Waals surface area contributed by atoms with Crippen molar-refractivity contribution < 1.29 is 9.47 Å². The van der Waals surface area contributed by atoms with E-state index in [9.17, 15) is 0 Å². The lowest BCUT2D eigenvalue weighted by Crippen LogP contribution is -2.24. The third kappa shape index (κ3) is 3.89. The van der Waals surface area contributed by atoms with Crippen LogP contribution in [-0.2, 0) is 6.54 Å². The molecule has 3 nitrogen and oxygen atoms in total. The van der Waals surface area contributed by atoms with Crippen molar-refractivity contribution in [2.75, 3.05) is 14.2 Å². The molecule has 0 aliphatic carbocycles. The Bertz CT molecular complexity index is 369. The highest BCUT2D eigenvalue weighted by molar-refractivity contribution is 9.10. The fourth-order valence-corrected chi connectivity index (χ4v) is 2.16. The third-order valence-corrected chi connectivity index (χ3v) is 3.35. The maximum absolute atomic E-state index is 5.31. The zero-order chi connectivity index (χ0) is 12.8. The Morgan fingerprint density at radius 3 is 2.53 bits per heavy atom. The van der Waals surface area contributed by atoms with Crippen molar-refractivity contribution in [3.8, 4) is 11.5 Å². The number of methoxy groups -OCH3 is 2. The van der Waals surface area contributed by atoms with Gasteiger partial charge in [-0.2, -0.15) is 0 Å². The summed E-state index contributed by atoms with van der Waals surface area (Å²) in [6.45, 7) is 5.17. The van der Waals surface area contributed by atoms with E-state index in [2.05, 4.69) is 41.2 Å². The average molecular weight is 302 g/mol. The topological polar surface area (TPSA) is 30.5 Å². The molecule has 4 heteroatoms. The number of ether oxygens (including phenoxy) is 2. The molecule has 0 heterocycles. The van der Waals surface area contributed by atoms with E-state index in [0.29, 0.717) is 6.04 Å². The van der Waals surface area contributed by atoms with E-state index in [4.69, 9.17) is 9.47 Å². The maximum atomic E-state index is 5.31. The molecule has 0 aliphatic rings. The second-order valence-corrected chi connectivity index (χ2v) is 4.86. The minimum Gasteiger partial charge on any atom is -0.493 e. The van der Waals surface area contributed by atoms with Crippen LogP contribution in [-0.4, -0.2) is 20.3 Å². The zero-order valence-electron chi connectivity index (χ0n) is 10.8. The highest BCUT2D eigenvalue weighted by Crippen LogP contribution is 2.36. The van der Waals surface area contributed by atoms with Gasteiger partial charge in [0.25, 0.3) is 0 Å². The second-order valence-electron chi connectivity index (χ2n) is 4.00. The van der Waals surface area contributed by atoms with Crippen LogP contribution in [0.25, 0.3) is 0 Å². The van der Waals surface area contributed by atoms with Gasteiger partial charge in [-0.1, -0.05) is 6.92 Å². The largest absolute Gasteiger partial charge is 0.493 e. The molecule has 96 valence electrons. The highest BCUT2D eigenvalue weighted by Gasteiger charge is 2.10. The number of hydrogen-bond donors (Lipinski definition) is 1. The minimum atomic E-state index is 0.516. The molecule has 1 atom stereocenters.